The quantitative estimate of drug-likeness (QED) is 0.0328. The number of benzodiazepines with no additional fused rings is 1. The molecule has 17 nitrogen and oxygen atoms in total. The Bertz CT molecular complexity index is 2610. The van der Waals surface area contributed by atoms with Crippen LogP contribution in [0.25, 0.3) is 5.69 Å². The summed E-state index contributed by atoms with van der Waals surface area (Å²) >= 11 is 12.2. The Labute approximate surface area is 386 Å². The highest BCUT2D eigenvalue weighted by molar-refractivity contribution is 6.31. The van der Waals surface area contributed by atoms with Crippen molar-refractivity contribution >= 4 is 70.2 Å². The number of aryl methyl sites for hydroxylation is 1. The first-order valence-electron chi connectivity index (χ1n) is 20.6. The summed E-state index contributed by atoms with van der Waals surface area (Å²) < 4.78 is 12.8. The second kappa shape index (κ2) is 22.1. The van der Waals surface area contributed by atoms with E-state index in [1.165, 1.54) is 4.90 Å². The molecule has 338 valence electrons. The molecule has 1 unspecified atom stereocenters. The van der Waals surface area contributed by atoms with Gasteiger partial charge in [0.2, 0.25) is 5.91 Å². The first-order valence-corrected chi connectivity index (χ1v) is 21.4. The number of hydrogen-bond acceptors (Lipinski definition) is 12. The van der Waals surface area contributed by atoms with Crippen molar-refractivity contribution in [3.05, 3.63) is 129 Å². The lowest BCUT2D eigenvalue weighted by atomic mass is 9.99. The number of likely N-dealkylation sites (N-methyl/N-ethyl adjacent to an activating group) is 1. The molecule has 2 aliphatic heterocycles. The van der Waals surface area contributed by atoms with Gasteiger partial charge in [-0.15, -0.1) is 10.2 Å². The van der Waals surface area contributed by atoms with Crippen molar-refractivity contribution in [1.82, 2.24) is 36.0 Å². The topological polar surface area (TPSA) is 224 Å². The highest BCUT2D eigenvalue weighted by Gasteiger charge is 2.33. The summed E-state index contributed by atoms with van der Waals surface area (Å²) in [5.41, 5.74) is 6.01. The van der Waals surface area contributed by atoms with Crippen molar-refractivity contribution in [2.75, 3.05) is 52.3 Å². The predicted octanol–water partition coefficient (Wildman–Crippen LogP) is 6.09. The van der Waals surface area contributed by atoms with Crippen LogP contribution in [-0.2, 0) is 9.59 Å². The molecular weight excluding hydrogens is 871 g/mol. The van der Waals surface area contributed by atoms with E-state index in [0.29, 0.717) is 51.7 Å². The van der Waals surface area contributed by atoms with E-state index < -0.39 is 12.1 Å². The van der Waals surface area contributed by atoms with Crippen molar-refractivity contribution in [3.8, 4) is 17.2 Å². The second-order valence-corrected chi connectivity index (χ2v) is 15.6. The molecular formula is C46H50Cl2N12O5. The van der Waals surface area contributed by atoms with Crippen molar-refractivity contribution in [2.45, 2.75) is 38.8 Å². The Balaban J connectivity index is 0.000000227. The van der Waals surface area contributed by atoms with Crippen molar-refractivity contribution < 1.29 is 23.9 Å². The molecule has 0 saturated carbocycles. The number of benzene rings is 4. The number of methoxy groups -OCH3 is 2. The zero-order valence-corrected chi connectivity index (χ0v) is 38.0. The number of carbonyl (C=O) groups is 3. The average Bonchev–Trinajstić information content (AvgIpc) is 3.56. The van der Waals surface area contributed by atoms with Crippen LogP contribution < -0.4 is 35.6 Å². The fourth-order valence-electron chi connectivity index (χ4n) is 7.21. The van der Waals surface area contributed by atoms with E-state index in [-0.39, 0.29) is 49.5 Å². The van der Waals surface area contributed by atoms with Gasteiger partial charge >= 0.3 is 6.03 Å². The zero-order chi connectivity index (χ0) is 46.6. The van der Waals surface area contributed by atoms with E-state index in [1.807, 2.05) is 72.2 Å². The normalized spacial score (nSPS) is 14.9. The van der Waals surface area contributed by atoms with Crippen LogP contribution >= 0.6 is 23.2 Å². The smallest absolute Gasteiger partial charge is 0.314 e. The van der Waals surface area contributed by atoms with Gasteiger partial charge in [-0.1, -0.05) is 47.5 Å². The van der Waals surface area contributed by atoms with Crippen LogP contribution in [0.5, 0.6) is 11.5 Å². The molecule has 6 N–H and O–H groups in total. The largest absolute Gasteiger partial charge is 0.497 e. The molecule has 1 aromatic heterocycles. The number of nitrogens with one attached hydrogen (secondary N) is 6. The van der Waals surface area contributed by atoms with E-state index in [2.05, 4.69) is 31.5 Å². The number of aromatic nitrogens is 3. The maximum atomic E-state index is 12.8. The molecule has 65 heavy (non-hydrogen) atoms. The minimum atomic E-state index is -0.864. The number of hydrogen-bond donors (Lipinski definition) is 6. The maximum absolute atomic E-state index is 12.8. The molecule has 7 rings (SSSR count). The third kappa shape index (κ3) is 11.4. The average molecular weight is 922 g/mol. The van der Waals surface area contributed by atoms with Gasteiger partial charge in [-0.05, 0) is 81.6 Å². The van der Waals surface area contributed by atoms with E-state index in [0.717, 1.165) is 45.9 Å². The third-order valence-electron chi connectivity index (χ3n) is 10.3. The fraction of sp³-hybridized carbons (Fsp3) is 0.283. The number of rotatable bonds is 14. The van der Waals surface area contributed by atoms with E-state index in [4.69, 9.17) is 53.5 Å². The molecule has 2 aliphatic rings. The summed E-state index contributed by atoms with van der Waals surface area (Å²) in [5.74, 6) is 2.49. The van der Waals surface area contributed by atoms with Gasteiger partial charge in [0.15, 0.2) is 5.82 Å². The Morgan fingerprint density at radius 2 is 1.28 bits per heavy atom. The zero-order valence-electron chi connectivity index (χ0n) is 36.5. The number of amidine groups is 2. The van der Waals surface area contributed by atoms with Gasteiger partial charge in [0.05, 0.1) is 43.4 Å². The summed E-state index contributed by atoms with van der Waals surface area (Å²) in [4.78, 5) is 47.1. The second-order valence-electron chi connectivity index (χ2n) is 14.8. The van der Waals surface area contributed by atoms with Gasteiger partial charge in [0.25, 0.3) is 0 Å². The minimum Gasteiger partial charge on any atom is -0.497 e. The number of aldehydes is 1. The first-order chi connectivity index (χ1) is 31.4. The van der Waals surface area contributed by atoms with Gasteiger partial charge < -0.3 is 35.5 Å². The van der Waals surface area contributed by atoms with E-state index >= 15 is 0 Å². The van der Waals surface area contributed by atoms with E-state index in [1.54, 1.807) is 52.5 Å². The summed E-state index contributed by atoms with van der Waals surface area (Å²) in [5, 5.41) is 38.1. The van der Waals surface area contributed by atoms with Crippen LogP contribution in [0, 0.1) is 17.7 Å². The third-order valence-corrected chi connectivity index (χ3v) is 10.8. The number of amides is 3. The number of aliphatic imine (C=N–C) groups is 2. The van der Waals surface area contributed by atoms with Crippen LogP contribution in [0.1, 0.15) is 59.7 Å². The Hall–Kier alpha value is -6.95. The summed E-state index contributed by atoms with van der Waals surface area (Å²) in [7, 11) is 4.99. The first kappa shape index (κ1) is 47.5. The number of nitrogens with zero attached hydrogens (tertiary/aromatic N) is 6. The van der Waals surface area contributed by atoms with Gasteiger partial charge in [-0.2, -0.15) is 0 Å². The van der Waals surface area contributed by atoms with E-state index in [9.17, 15) is 14.4 Å². The molecule has 5 aromatic rings. The number of halogens is 2. The Morgan fingerprint density at radius 1 is 0.754 bits per heavy atom. The Morgan fingerprint density at radius 3 is 1.82 bits per heavy atom. The van der Waals surface area contributed by atoms with Crippen LogP contribution in [0.3, 0.4) is 0 Å². The number of urea groups is 1. The molecule has 0 spiro atoms. The predicted molar refractivity (Wildman–Crippen MR) is 254 cm³/mol. The monoisotopic (exact) mass is 920 g/mol. The molecule has 0 fully saturated rings. The van der Waals surface area contributed by atoms with Gasteiger partial charge in [0, 0.05) is 64.9 Å². The molecule has 2 atom stereocenters. The molecule has 19 heteroatoms. The summed E-state index contributed by atoms with van der Waals surface area (Å²) in [6, 6.07) is 24.2. The van der Waals surface area contributed by atoms with Crippen LogP contribution in [-0.4, -0.2) is 110 Å². The Kier molecular flexibility index (Phi) is 16.2. The van der Waals surface area contributed by atoms with Gasteiger partial charge in [-0.3, -0.25) is 35.1 Å². The highest BCUT2D eigenvalue weighted by atomic mass is 35.5. The lowest BCUT2D eigenvalue weighted by molar-refractivity contribution is -0.121. The standard InChI is InChI=1S/C26H33ClN8O3.C20H17ClN4O2/c1-16(28)35-22-9-8-19(38-3)14-20(22)24(17-4-6-18(27)7-5-17)34-21(25(35)29)15-23(36)31-12-13-33-26(37)32-11-10-30-2;1-12-23-24-20-17(9-10-26)22-19(13-3-5-14(21)6-4-13)16-11-15(27-2)7-8-18(16)25(12)20/h4-9,14,21,28-30H,10-13,15H2,1-3H3,(H,31,36)(H2,32,33,37);3-8,10-11,17H,9H2,1-2H3/t21-;/m0./s1. The summed E-state index contributed by atoms with van der Waals surface area (Å²) in [6.45, 7) is 5.07. The molecule has 3 heterocycles. The number of anilines is 1. The number of ether oxygens (including phenoxy) is 2. The van der Waals surface area contributed by atoms with Gasteiger partial charge in [0.1, 0.15) is 47.4 Å². The number of fused-ring (bicyclic) bond motifs is 4. The molecule has 0 bridgehead atoms. The molecule has 0 radical (unpaired) electrons. The highest BCUT2D eigenvalue weighted by Crippen LogP contribution is 2.35. The minimum absolute atomic E-state index is 0.00469. The van der Waals surface area contributed by atoms with Crippen molar-refractivity contribution in [2.24, 2.45) is 9.98 Å². The lowest BCUT2D eigenvalue weighted by Crippen LogP contribution is -2.44. The summed E-state index contributed by atoms with van der Waals surface area (Å²) in [6.07, 6.45) is 0.970. The molecule has 3 amide bonds. The van der Waals surface area contributed by atoms with Crippen LogP contribution in [0.4, 0.5) is 10.5 Å². The van der Waals surface area contributed by atoms with Crippen LogP contribution in [0.15, 0.2) is 94.9 Å². The molecule has 0 saturated heterocycles. The molecule has 0 aliphatic carbocycles. The fourth-order valence-corrected chi connectivity index (χ4v) is 7.46. The van der Waals surface area contributed by atoms with Crippen molar-refractivity contribution in [3.63, 3.8) is 0 Å². The van der Waals surface area contributed by atoms with Crippen LogP contribution in [0.2, 0.25) is 10.0 Å². The number of carbonyl (C=O) groups excluding carboxylic acids is 3. The maximum Gasteiger partial charge on any atom is 0.314 e. The lowest BCUT2D eigenvalue weighted by Gasteiger charge is -2.26. The SMILES string of the molecule is CNCCNC(=O)NCCNC(=O)C[C@@H]1N=C(c2ccc(Cl)cc2)c2cc(OC)ccc2N(C(C)=N)C1=N.COc1ccc2c(c1)C(c1ccc(Cl)cc1)=NC(CC=O)c1nnc(C)n1-2. The van der Waals surface area contributed by atoms with Gasteiger partial charge in [-0.25, -0.2) is 4.79 Å². The van der Waals surface area contributed by atoms with Crippen molar-refractivity contribution in [1.29, 1.82) is 10.8 Å². The molecule has 4 aromatic carbocycles.